The summed E-state index contributed by atoms with van der Waals surface area (Å²) in [6.45, 7) is 13.0. The Morgan fingerprint density at radius 1 is 0.535 bits per heavy atom. The van der Waals surface area contributed by atoms with Gasteiger partial charge in [0.25, 0.3) is 0 Å². The van der Waals surface area contributed by atoms with E-state index in [0.717, 1.165) is 16.7 Å². The van der Waals surface area contributed by atoms with Crippen LogP contribution in [-0.4, -0.2) is 10.6 Å². The number of ketones is 1. The molecule has 0 heterocycles. The second kappa shape index (κ2) is 10.2. The van der Waals surface area contributed by atoms with Gasteiger partial charge in [0.1, 0.15) is 0 Å². The standard InChI is InChI=1S/C35H34O.F6P/c1-34(2,3)30-21-25(22-31(33(30)36)35(4,5)6)32(28-19-17-23-13-9-7-11-15-26(23)28)29-20-18-24-14-10-8-12-16-27(24)29;1-7(2,3,4,5)6/h7-22H,1-6H3;/q;-1/p+1. The number of halogens is 6. The SMILES string of the molecule is CC(C)(C)C1=CC(=C(c2ccc3cccccc2-3)c2ccc3cccccc2-3)C=C(C(C)(C)C)C1=[OH+].F[P-](F)(F)(F)(F)F. The quantitative estimate of drug-likeness (QED) is 0.121. The Morgan fingerprint density at radius 2 is 0.884 bits per heavy atom. The Hall–Kier alpha value is -3.70. The number of hydrogen-bond acceptors (Lipinski definition) is 0. The minimum absolute atomic E-state index is 0.202. The molecule has 0 saturated heterocycles. The fraction of sp³-hybridized carbons (Fsp3) is 0.229. The van der Waals surface area contributed by atoms with Crippen LogP contribution in [0.1, 0.15) is 52.7 Å². The fourth-order valence-electron chi connectivity index (χ4n) is 5.24. The first-order valence-corrected chi connectivity index (χ1v) is 15.8. The van der Waals surface area contributed by atoms with Crippen LogP contribution < -0.4 is 0 Å². The van der Waals surface area contributed by atoms with Gasteiger partial charge in [-0.3, -0.25) is 4.79 Å². The van der Waals surface area contributed by atoms with Crippen LogP contribution in [0.15, 0.2) is 114 Å². The van der Waals surface area contributed by atoms with Crippen LogP contribution in [0.5, 0.6) is 0 Å². The predicted molar refractivity (Wildman–Crippen MR) is 168 cm³/mol. The molecule has 0 bridgehead atoms. The van der Waals surface area contributed by atoms with Crippen molar-refractivity contribution in [3.8, 4) is 22.3 Å². The summed E-state index contributed by atoms with van der Waals surface area (Å²) in [5, 5.41) is 0. The summed E-state index contributed by atoms with van der Waals surface area (Å²) in [7, 11) is -10.7. The van der Waals surface area contributed by atoms with Gasteiger partial charge >= 0.3 is 38.8 Å². The summed E-state index contributed by atoms with van der Waals surface area (Å²) in [6, 6.07) is 30.3. The molecule has 0 aromatic carbocycles. The zero-order valence-electron chi connectivity index (χ0n) is 24.9. The molecule has 0 atom stereocenters. The van der Waals surface area contributed by atoms with Gasteiger partial charge in [-0.05, 0) is 67.5 Å². The van der Waals surface area contributed by atoms with E-state index in [4.69, 9.17) is 0 Å². The number of fused-ring (bicyclic) bond motifs is 2. The van der Waals surface area contributed by atoms with Crippen LogP contribution in [0.2, 0.25) is 0 Å². The second-order valence-electron chi connectivity index (χ2n) is 12.8. The van der Waals surface area contributed by atoms with Crippen LogP contribution >= 0.6 is 7.81 Å². The van der Waals surface area contributed by atoms with E-state index in [-0.39, 0.29) is 10.8 Å². The van der Waals surface area contributed by atoms with E-state index in [1.165, 1.54) is 39.0 Å². The van der Waals surface area contributed by atoms with Crippen LogP contribution in [0.3, 0.4) is 0 Å². The van der Waals surface area contributed by atoms with Crippen molar-refractivity contribution in [1.82, 2.24) is 0 Å². The third-order valence-corrected chi connectivity index (χ3v) is 7.14. The van der Waals surface area contributed by atoms with Gasteiger partial charge in [0, 0.05) is 0 Å². The molecule has 5 aliphatic carbocycles. The maximum absolute atomic E-state index is 11.4. The first-order valence-electron chi connectivity index (χ1n) is 13.8. The number of rotatable bonds is 2. The Labute approximate surface area is 248 Å². The molecule has 0 saturated carbocycles. The van der Waals surface area contributed by atoms with Crippen molar-refractivity contribution in [2.45, 2.75) is 41.5 Å². The minimum atomic E-state index is -10.7. The number of allylic oxidation sites excluding steroid dienone is 5. The summed E-state index contributed by atoms with van der Waals surface area (Å²) < 4.78 is 59.2. The van der Waals surface area contributed by atoms with Crippen LogP contribution in [0.4, 0.5) is 25.2 Å². The first kappa shape index (κ1) is 32.2. The second-order valence-corrected chi connectivity index (χ2v) is 14.7. The molecule has 43 heavy (non-hydrogen) atoms. The normalized spacial score (nSPS) is 16.1. The third kappa shape index (κ3) is 8.23. The van der Waals surface area contributed by atoms with Crippen LogP contribution in [0, 0.1) is 10.8 Å². The average Bonchev–Trinajstić information content (AvgIpc) is 3.21. The molecule has 0 radical (unpaired) electrons. The van der Waals surface area contributed by atoms with Crippen LogP contribution in [-0.2, 0) is 0 Å². The van der Waals surface area contributed by atoms with Gasteiger partial charge in [-0.15, -0.1) is 0 Å². The predicted octanol–water partition coefficient (Wildman–Crippen LogP) is 12.6. The van der Waals surface area contributed by atoms with Gasteiger partial charge < -0.3 is 0 Å². The van der Waals surface area contributed by atoms with E-state index in [2.05, 4.69) is 139 Å². The molecule has 1 nitrogen and oxygen atoms in total. The number of carbonyl (C=O) groups excluding carboxylic acids is 1. The van der Waals surface area contributed by atoms with Crippen LogP contribution in [0.25, 0.3) is 27.8 Å². The van der Waals surface area contributed by atoms with Crippen molar-refractivity contribution in [3.63, 3.8) is 0 Å². The molecule has 0 spiro atoms. The molecular weight excluding hydrogens is 581 g/mol. The van der Waals surface area contributed by atoms with Crippen molar-refractivity contribution in [2.75, 3.05) is 0 Å². The van der Waals surface area contributed by atoms with E-state index in [0.29, 0.717) is 5.78 Å². The van der Waals surface area contributed by atoms with E-state index < -0.39 is 7.81 Å². The molecule has 0 fully saturated rings. The Balaban J connectivity index is 0.000000541. The summed E-state index contributed by atoms with van der Waals surface area (Å²) >= 11 is 0. The maximum atomic E-state index is 11.4. The first-order chi connectivity index (χ1) is 19.5. The Kier molecular flexibility index (Phi) is 7.64. The Bertz CT molecular complexity index is 1610. The van der Waals surface area contributed by atoms with Gasteiger partial charge in [0.05, 0.1) is 11.1 Å². The van der Waals surface area contributed by atoms with E-state index in [1.807, 2.05) is 0 Å². The molecule has 0 aromatic rings. The molecular formula is C35H35F6OP. The average molecular weight is 617 g/mol. The monoisotopic (exact) mass is 616 g/mol. The topological polar surface area (TPSA) is 21.4 Å². The van der Waals surface area contributed by atoms with E-state index >= 15 is 0 Å². The van der Waals surface area contributed by atoms with Crippen molar-refractivity contribution >= 4 is 19.2 Å². The molecule has 8 heteroatoms. The third-order valence-electron chi connectivity index (χ3n) is 7.14. The molecule has 0 amide bonds. The van der Waals surface area contributed by atoms with Gasteiger partial charge in [0.2, 0.25) is 0 Å². The van der Waals surface area contributed by atoms with Gasteiger partial charge in [-0.1, -0.05) is 126 Å². The summed E-state index contributed by atoms with van der Waals surface area (Å²) in [4.78, 5) is 11.4. The molecule has 1 N–H and O–H groups in total. The van der Waals surface area contributed by atoms with Gasteiger partial charge in [-0.25, -0.2) is 0 Å². The summed E-state index contributed by atoms with van der Waals surface area (Å²) in [6.07, 6.45) is 4.42. The zero-order valence-corrected chi connectivity index (χ0v) is 25.8. The molecule has 5 aliphatic rings. The number of hydrogen-bond donors (Lipinski definition) is 0. The van der Waals surface area contributed by atoms with Crippen molar-refractivity contribution in [1.29, 1.82) is 0 Å². The van der Waals surface area contributed by atoms with Crippen molar-refractivity contribution in [3.05, 3.63) is 125 Å². The zero-order chi connectivity index (χ0) is 32.1. The summed E-state index contributed by atoms with van der Waals surface area (Å²) in [5.41, 5.74) is 11.2. The van der Waals surface area contributed by atoms with Gasteiger partial charge in [-0.2, -0.15) is 0 Å². The van der Waals surface area contributed by atoms with E-state index in [1.54, 1.807) is 0 Å². The van der Waals surface area contributed by atoms with Crippen molar-refractivity contribution in [2.24, 2.45) is 10.8 Å². The van der Waals surface area contributed by atoms with E-state index in [9.17, 15) is 30.0 Å². The fourth-order valence-corrected chi connectivity index (χ4v) is 5.24. The Morgan fingerprint density at radius 3 is 1.23 bits per heavy atom. The molecule has 0 aromatic heterocycles. The van der Waals surface area contributed by atoms with Crippen molar-refractivity contribution < 1.29 is 30.0 Å². The molecule has 5 rings (SSSR count). The summed E-state index contributed by atoms with van der Waals surface area (Å²) in [5.74, 6) is 0.413. The van der Waals surface area contributed by atoms with Gasteiger partial charge in [0.15, 0.2) is 0 Å². The molecule has 228 valence electrons. The molecule has 0 unspecified atom stereocenters. The molecule has 0 aliphatic heterocycles.